The van der Waals surface area contributed by atoms with Gasteiger partial charge in [0.05, 0.1) is 24.6 Å². The fourth-order valence-electron chi connectivity index (χ4n) is 4.48. The van der Waals surface area contributed by atoms with E-state index in [-0.39, 0.29) is 5.78 Å². The van der Waals surface area contributed by atoms with Crippen molar-refractivity contribution in [3.63, 3.8) is 0 Å². The highest BCUT2D eigenvalue weighted by atomic mass is 16.5. The fourth-order valence-corrected chi connectivity index (χ4v) is 4.48. The van der Waals surface area contributed by atoms with Gasteiger partial charge in [-0.1, -0.05) is 24.3 Å². The first-order valence-corrected chi connectivity index (χ1v) is 12.0. The molecule has 9 nitrogen and oxygen atoms in total. The molecule has 0 unspecified atom stereocenters. The normalized spacial score (nSPS) is 13.8. The first-order valence-electron chi connectivity index (χ1n) is 12.0. The largest absolute Gasteiger partial charge is 0.378 e. The van der Waals surface area contributed by atoms with Crippen LogP contribution in [0.15, 0.2) is 73.3 Å². The number of hydrogen-bond donors (Lipinski definition) is 1. The summed E-state index contributed by atoms with van der Waals surface area (Å²) in [6.45, 7) is 3.13. The SMILES string of the molecule is O=C(Cc1ccc(-c2cn3c(N4CCOCC4)ccnc3n2)cc1)Cc1cc(-c2cccnc2)n[nH]1. The number of hydrogen-bond acceptors (Lipinski definition) is 7. The third kappa shape index (κ3) is 4.60. The monoisotopic (exact) mass is 479 g/mol. The van der Waals surface area contributed by atoms with Crippen molar-refractivity contribution >= 4 is 17.4 Å². The van der Waals surface area contributed by atoms with Crippen LogP contribution in [0.2, 0.25) is 0 Å². The van der Waals surface area contributed by atoms with E-state index in [0.717, 1.165) is 65.9 Å². The summed E-state index contributed by atoms with van der Waals surface area (Å²) in [4.78, 5) is 28.3. The van der Waals surface area contributed by atoms with Crippen molar-refractivity contribution in [2.75, 3.05) is 31.2 Å². The molecule has 5 aromatic rings. The number of rotatable bonds is 7. The molecule has 6 rings (SSSR count). The van der Waals surface area contributed by atoms with E-state index in [1.807, 2.05) is 59.1 Å². The zero-order valence-electron chi connectivity index (χ0n) is 19.7. The van der Waals surface area contributed by atoms with Gasteiger partial charge in [0.2, 0.25) is 5.78 Å². The summed E-state index contributed by atoms with van der Waals surface area (Å²) in [6.07, 6.45) is 7.95. The number of imidazole rings is 1. The number of nitrogens with zero attached hydrogens (tertiary/aromatic N) is 6. The molecule has 180 valence electrons. The van der Waals surface area contributed by atoms with E-state index in [1.165, 1.54) is 0 Å². The van der Waals surface area contributed by atoms with Crippen molar-refractivity contribution in [1.29, 1.82) is 0 Å². The van der Waals surface area contributed by atoms with Crippen LogP contribution in [0.3, 0.4) is 0 Å². The molecule has 9 heteroatoms. The summed E-state index contributed by atoms with van der Waals surface area (Å²) in [7, 11) is 0. The molecule has 1 fully saturated rings. The van der Waals surface area contributed by atoms with E-state index in [4.69, 9.17) is 9.72 Å². The molecule has 0 atom stereocenters. The standard InChI is InChI=1S/C27H25N7O2/c35-23(15-22-16-24(32-31-22)21-2-1-8-28-17-21)14-19-3-5-20(6-4-19)25-18-34-26(7-9-29-27(34)30-25)33-10-12-36-13-11-33/h1-9,16-18H,10-15H2,(H,31,32). The molecule has 0 amide bonds. The lowest BCUT2D eigenvalue weighted by molar-refractivity contribution is -0.117. The average Bonchev–Trinajstić information content (AvgIpc) is 3.57. The van der Waals surface area contributed by atoms with Crippen LogP contribution < -0.4 is 4.90 Å². The van der Waals surface area contributed by atoms with Gasteiger partial charge in [-0.05, 0) is 29.8 Å². The maximum atomic E-state index is 12.7. The van der Waals surface area contributed by atoms with E-state index in [2.05, 4.69) is 25.1 Å². The highest BCUT2D eigenvalue weighted by Gasteiger charge is 2.16. The van der Waals surface area contributed by atoms with Crippen molar-refractivity contribution in [3.05, 3.63) is 84.6 Å². The predicted molar refractivity (Wildman–Crippen MR) is 136 cm³/mol. The van der Waals surface area contributed by atoms with Gasteiger partial charge in [0.25, 0.3) is 0 Å². The molecule has 1 N–H and O–H groups in total. The molecule has 0 aliphatic carbocycles. The number of ether oxygens (including phenoxy) is 1. The second kappa shape index (κ2) is 9.71. The van der Waals surface area contributed by atoms with E-state index >= 15 is 0 Å². The van der Waals surface area contributed by atoms with Crippen molar-refractivity contribution < 1.29 is 9.53 Å². The van der Waals surface area contributed by atoms with Gasteiger partial charge in [-0.2, -0.15) is 5.10 Å². The first kappa shape index (κ1) is 22.1. The summed E-state index contributed by atoms with van der Waals surface area (Å²) in [5, 5.41) is 7.27. The highest BCUT2D eigenvalue weighted by molar-refractivity contribution is 5.83. The van der Waals surface area contributed by atoms with Crippen LogP contribution in [0.1, 0.15) is 11.3 Å². The Balaban J connectivity index is 1.14. The van der Waals surface area contributed by atoms with E-state index in [9.17, 15) is 4.79 Å². The minimum Gasteiger partial charge on any atom is -0.378 e. The molecule has 0 radical (unpaired) electrons. The third-order valence-electron chi connectivity index (χ3n) is 6.31. The van der Waals surface area contributed by atoms with Crippen LogP contribution >= 0.6 is 0 Å². The summed E-state index contributed by atoms with van der Waals surface area (Å²) in [6, 6.07) is 15.7. The molecule has 0 spiro atoms. The van der Waals surface area contributed by atoms with Gasteiger partial charge >= 0.3 is 0 Å². The number of nitrogens with one attached hydrogen (secondary N) is 1. The molecule has 1 aliphatic heterocycles. The van der Waals surface area contributed by atoms with Crippen LogP contribution in [-0.4, -0.2) is 61.6 Å². The lowest BCUT2D eigenvalue weighted by atomic mass is 10.0. The summed E-state index contributed by atoms with van der Waals surface area (Å²) < 4.78 is 7.52. The highest BCUT2D eigenvalue weighted by Crippen LogP contribution is 2.24. The molecule has 5 heterocycles. The molecule has 36 heavy (non-hydrogen) atoms. The number of aromatic nitrogens is 6. The lowest BCUT2D eigenvalue weighted by Gasteiger charge is -2.28. The first-order chi connectivity index (χ1) is 17.7. The Morgan fingerprint density at radius 2 is 1.83 bits per heavy atom. The average molecular weight is 480 g/mol. The number of aromatic amines is 1. The number of H-pyrrole nitrogens is 1. The number of carbonyl (C=O) groups excluding carboxylic acids is 1. The molecule has 1 saturated heterocycles. The predicted octanol–water partition coefficient (Wildman–Crippen LogP) is 3.37. The number of fused-ring (bicyclic) bond motifs is 1. The molecule has 4 aromatic heterocycles. The van der Waals surface area contributed by atoms with Gasteiger partial charge in [0.1, 0.15) is 11.6 Å². The van der Waals surface area contributed by atoms with Crippen molar-refractivity contribution in [2.45, 2.75) is 12.8 Å². The Bertz CT molecular complexity index is 1490. The van der Waals surface area contributed by atoms with Crippen molar-refractivity contribution in [2.24, 2.45) is 0 Å². The lowest BCUT2D eigenvalue weighted by Crippen LogP contribution is -2.37. The van der Waals surface area contributed by atoms with Crippen LogP contribution in [0.4, 0.5) is 5.82 Å². The summed E-state index contributed by atoms with van der Waals surface area (Å²) >= 11 is 0. The van der Waals surface area contributed by atoms with Gasteiger partial charge in [-0.25, -0.2) is 9.97 Å². The number of anilines is 1. The minimum atomic E-state index is 0.121. The fraction of sp³-hybridized carbons (Fsp3) is 0.222. The Kier molecular flexibility index (Phi) is 5.96. The van der Waals surface area contributed by atoms with Crippen LogP contribution in [0.25, 0.3) is 28.3 Å². The molecule has 1 aliphatic rings. The zero-order chi connectivity index (χ0) is 24.3. The number of Topliss-reactive ketones (excluding diaryl/α,β-unsaturated/α-hetero) is 1. The topological polar surface area (TPSA) is 101 Å². The van der Waals surface area contributed by atoms with Crippen LogP contribution in [-0.2, 0) is 22.4 Å². The minimum absolute atomic E-state index is 0.121. The summed E-state index contributed by atoms with van der Waals surface area (Å²) in [5.74, 6) is 1.85. The second-order valence-corrected chi connectivity index (χ2v) is 8.81. The quantitative estimate of drug-likeness (QED) is 0.382. The smallest absolute Gasteiger partial charge is 0.235 e. The molecule has 0 saturated carbocycles. The maximum Gasteiger partial charge on any atom is 0.235 e. The van der Waals surface area contributed by atoms with Gasteiger partial charge in [0, 0.05) is 67.5 Å². The summed E-state index contributed by atoms with van der Waals surface area (Å²) in [5.41, 5.74) is 5.30. The van der Waals surface area contributed by atoms with E-state index in [0.29, 0.717) is 18.6 Å². The Morgan fingerprint density at radius 1 is 0.972 bits per heavy atom. The van der Waals surface area contributed by atoms with E-state index in [1.54, 1.807) is 18.6 Å². The molecular weight excluding hydrogens is 454 g/mol. The van der Waals surface area contributed by atoms with Gasteiger partial charge in [-0.3, -0.25) is 19.3 Å². The Hall–Kier alpha value is -4.37. The maximum absolute atomic E-state index is 12.7. The number of ketones is 1. The van der Waals surface area contributed by atoms with Gasteiger partial charge in [-0.15, -0.1) is 0 Å². The Morgan fingerprint density at radius 3 is 2.64 bits per heavy atom. The van der Waals surface area contributed by atoms with E-state index < -0.39 is 0 Å². The van der Waals surface area contributed by atoms with Gasteiger partial charge in [0.15, 0.2) is 0 Å². The number of benzene rings is 1. The molecule has 0 bridgehead atoms. The van der Waals surface area contributed by atoms with Gasteiger partial charge < -0.3 is 9.64 Å². The Labute approximate surface area is 207 Å². The second-order valence-electron chi connectivity index (χ2n) is 8.81. The molecular formula is C27H25N7O2. The van der Waals surface area contributed by atoms with Crippen molar-refractivity contribution in [1.82, 2.24) is 29.5 Å². The molecule has 1 aromatic carbocycles. The zero-order valence-corrected chi connectivity index (χ0v) is 19.7. The number of carbonyl (C=O) groups is 1. The van der Waals surface area contributed by atoms with Crippen LogP contribution in [0, 0.1) is 0 Å². The van der Waals surface area contributed by atoms with Crippen molar-refractivity contribution in [3.8, 4) is 22.5 Å². The third-order valence-corrected chi connectivity index (χ3v) is 6.31. The number of morpholine rings is 1. The van der Waals surface area contributed by atoms with Crippen LogP contribution in [0.5, 0.6) is 0 Å². The number of pyridine rings is 1.